The molecule has 0 radical (unpaired) electrons. The maximum absolute atomic E-state index is 13.8. The highest BCUT2D eigenvalue weighted by atomic mass is 19.2. The third kappa shape index (κ3) is 3.12. The van der Waals surface area contributed by atoms with Crippen molar-refractivity contribution in [2.75, 3.05) is 11.9 Å². The van der Waals surface area contributed by atoms with Crippen LogP contribution in [-0.4, -0.2) is 16.5 Å². The van der Waals surface area contributed by atoms with Gasteiger partial charge in [-0.1, -0.05) is 12.1 Å². The van der Waals surface area contributed by atoms with E-state index in [1.54, 1.807) is 6.07 Å². The lowest BCUT2D eigenvalue weighted by Crippen LogP contribution is -2.11. The van der Waals surface area contributed by atoms with E-state index in [1.807, 2.05) is 0 Å². The summed E-state index contributed by atoms with van der Waals surface area (Å²) in [7, 11) is 0. The highest BCUT2D eigenvalue weighted by Gasteiger charge is 2.12. The molecule has 2 aromatic heterocycles. The molecule has 0 spiro atoms. The van der Waals surface area contributed by atoms with Crippen LogP contribution in [0.2, 0.25) is 0 Å². The Labute approximate surface area is 151 Å². The molecule has 0 bridgehead atoms. The molecule has 2 N–H and O–H groups in total. The minimum atomic E-state index is -0.893. The third-order valence-corrected chi connectivity index (χ3v) is 4.39. The molecule has 0 aliphatic rings. The lowest BCUT2D eigenvalue weighted by Gasteiger charge is -2.11. The van der Waals surface area contributed by atoms with Crippen LogP contribution < -0.4 is 10.9 Å². The van der Waals surface area contributed by atoms with Gasteiger partial charge in [0.05, 0.1) is 10.9 Å². The number of benzene rings is 2. The standard InChI is InChI=1S/C20H14F3N3O/c21-12-4-5-16-14(10-12)17-13(7-9-25-20(17)27)19(26-16)24-8-6-11-2-1-3-15(22)18(11)23/h1-5,7,9-10H,6,8H2,(H,24,26)(H,25,27). The second-order valence-electron chi connectivity index (χ2n) is 6.11. The molecule has 7 heteroatoms. The average molecular weight is 369 g/mol. The zero-order valence-corrected chi connectivity index (χ0v) is 14.0. The molecule has 0 aliphatic heterocycles. The zero-order chi connectivity index (χ0) is 19.0. The van der Waals surface area contributed by atoms with Crippen molar-refractivity contribution in [3.8, 4) is 0 Å². The number of aromatic amines is 1. The summed E-state index contributed by atoms with van der Waals surface area (Å²) in [4.78, 5) is 19.4. The topological polar surface area (TPSA) is 57.8 Å². The molecule has 4 rings (SSSR count). The molecule has 2 aromatic carbocycles. The fourth-order valence-corrected chi connectivity index (χ4v) is 3.12. The van der Waals surface area contributed by atoms with Crippen LogP contribution in [0.1, 0.15) is 5.56 Å². The highest BCUT2D eigenvalue weighted by molar-refractivity contribution is 6.09. The van der Waals surface area contributed by atoms with Crippen LogP contribution in [0.5, 0.6) is 0 Å². The van der Waals surface area contributed by atoms with E-state index in [-0.39, 0.29) is 24.1 Å². The summed E-state index contributed by atoms with van der Waals surface area (Å²) in [6, 6.07) is 9.73. The van der Waals surface area contributed by atoms with Gasteiger partial charge < -0.3 is 10.3 Å². The summed E-state index contributed by atoms with van der Waals surface area (Å²) in [5.74, 6) is -1.80. The zero-order valence-electron chi connectivity index (χ0n) is 14.0. The maximum Gasteiger partial charge on any atom is 0.256 e. The van der Waals surface area contributed by atoms with Crippen molar-refractivity contribution in [2.45, 2.75) is 6.42 Å². The van der Waals surface area contributed by atoms with E-state index in [4.69, 9.17) is 0 Å². The number of hydrogen-bond acceptors (Lipinski definition) is 3. The van der Waals surface area contributed by atoms with Crippen molar-refractivity contribution in [2.24, 2.45) is 0 Å². The van der Waals surface area contributed by atoms with Crippen LogP contribution in [0, 0.1) is 17.5 Å². The van der Waals surface area contributed by atoms with E-state index in [1.165, 1.54) is 36.5 Å². The first kappa shape index (κ1) is 17.1. The smallest absolute Gasteiger partial charge is 0.256 e. The van der Waals surface area contributed by atoms with Crippen LogP contribution in [-0.2, 0) is 6.42 Å². The van der Waals surface area contributed by atoms with E-state index in [0.717, 1.165) is 6.07 Å². The summed E-state index contributed by atoms with van der Waals surface area (Å²) in [6.07, 6.45) is 1.71. The summed E-state index contributed by atoms with van der Waals surface area (Å²) >= 11 is 0. The summed E-state index contributed by atoms with van der Waals surface area (Å²) < 4.78 is 40.7. The molecule has 0 saturated heterocycles. The SMILES string of the molecule is O=c1[nH]ccc2c(NCCc3cccc(F)c3F)nc3ccc(F)cc3c12. The van der Waals surface area contributed by atoms with E-state index < -0.39 is 17.5 Å². The van der Waals surface area contributed by atoms with Crippen LogP contribution >= 0.6 is 0 Å². The number of pyridine rings is 2. The third-order valence-electron chi connectivity index (χ3n) is 4.39. The number of aromatic nitrogens is 2. The first-order valence-electron chi connectivity index (χ1n) is 8.32. The molecular formula is C20H14F3N3O. The molecule has 0 amide bonds. The molecule has 4 nitrogen and oxygen atoms in total. The van der Waals surface area contributed by atoms with Crippen molar-refractivity contribution < 1.29 is 13.2 Å². The Morgan fingerprint density at radius 2 is 1.89 bits per heavy atom. The lowest BCUT2D eigenvalue weighted by atomic mass is 10.1. The molecule has 0 fully saturated rings. The minimum absolute atomic E-state index is 0.234. The van der Waals surface area contributed by atoms with Gasteiger partial charge in [-0.25, -0.2) is 18.2 Å². The highest BCUT2D eigenvalue weighted by Crippen LogP contribution is 2.27. The van der Waals surface area contributed by atoms with Gasteiger partial charge in [0.25, 0.3) is 5.56 Å². The molecule has 136 valence electrons. The second kappa shape index (κ2) is 6.75. The van der Waals surface area contributed by atoms with Gasteiger partial charge in [-0.15, -0.1) is 0 Å². The van der Waals surface area contributed by atoms with E-state index in [9.17, 15) is 18.0 Å². The fraction of sp³-hybridized carbons (Fsp3) is 0.100. The van der Waals surface area contributed by atoms with Gasteiger partial charge in [-0.3, -0.25) is 4.79 Å². The van der Waals surface area contributed by atoms with Crippen LogP contribution in [0.15, 0.2) is 53.5 Å². The van der Waals surface area contributed by atoms with Gasteiger partial charge in [-0.2, -0.15) is 0 Å². The normalized spacial score (nSPS) is 11.2. The van der Waals surface area contributed by atoms with Crippen LogP contribution in [0.4, 0.5) is 19.0 Å². The first-order chi connectivity index (χ1) is 13.0. The van der Waals surface area contributed by atoms with Crippen molar-refractivity contribution in [3.05, 3.63) is 82.0 Å². The number of anilines is 1. The monoisotopic (exact) mass is 369 g/mol. The number of rotatable bonds is 4. The number of fused-ring (bicyclic) bond motifs is 3. The van der Waals surface area contributed by atoms with Crippen molar-refractivity contribution in [1.82, 2.24) is 9.97 Å². The predicted molar refractivity (Wildman–Crippen MR) is 98.4 cm³/mol. The van der Waals surface area contributed by atoms with Gasteiger partial charge >= 0.3 is 0 Å². The van der Waals surface area contributed by atoms with Crippen molar-refractivity contribution >= 4 is 27.5 Å². The number of nitrogens with zero attached hydrogens (tertiary/aromatic N) is 1. The minimum Gasteiger partial charge on any atom is -0.369 e. The summed E-state index contributed by atoms with van der Waals surface area (Å²) in [5, 5.41) is 4.33. The van der Waals surface area contributed by atoms with E-state index in [2.05, 4.69) is 15.3 Å². The number of halogens is 3. The second-order valence-corrected chi connectivity index (χ2v) is 6.11. The van der Waals surface area contributed by atoms with Crippen molar-refractivity contribution in [3.63, 3.8) is 0 Å². The van der Waals surface area contributed by atoms with E-state index >= 15 is 0 Å². The van der Waals surface area contributed by atoms with Gasteiger partial charge in [0, 0.05) is 23.5 Å². The molecule has 0 atom stereocenters. The lowest BCUT2D eigenvalue weighted by molar-refractivity contribution is 0.499. The first-order valence-corrected chi connectivity index (χ1v) is 8.32. The molecule has 27 heavy (non-hydrogen) atoms. The fourth-order valence-electron chi connectivity index (χ4n) is 3.12. The number of H-pyrrole nitrogens is 1. The maximum atomic E-state index is 13.8. The Hall–Kier alpha value is -3.35. The molecule has 2 heterocycles. The van der Waals surface area contributed by atoms with Gasteiger partial charge in [0.15, 0.2) is 11.6 Å². The van der Waals surface area contributed by atoms with Gasteiger partial charge in [0.2, 0.25) is 0 Å². The average Bonchev–Trinajstić information content (AvgIpc) is 2.65. The largest absolute Gasteiger partial charge is 0.369 e. The van der Waals surface area contributed by atoms with Crippen LogP contribution in [0.25, 0.3) is 21.7 Å². The Morgan fingerprint density at radius 3 is 2.74 bits per heavy atom. The number of nitrogens with one attached hydrogen (secondary N) is 2. The Balaban J connectivity index is 1.73. The number of hydrogen-bond donors (Lipinski definition) is 2. The Bertz CT molecular complexity index is 1220. The molecular weight excluding hydrogens is 355 g/mol. The molecule has 4 aromatic rings. The summed E-state index contributed by atoms with van der Waals surface area (Å²) in [6.45, 7) is 0.280. The Kier molecular flexibility index (Phi) is 4.27. The Morgan fingerprint density at radius 1 is 1.04 bits per heavy atom. The summed E-state index contributed by atoms with van der Waals surface area (Å²) in [5.41, 5.74) is 0.345. The van der Waals surface area contributed by atoms with Gasteiger partial charge in [0.1, 0.15) is 11.6 Å². The molecule has 0 saturated carbocycles. The van der Waals surface area contributed by atoms with E-state index in [0.29, 0.717) is 27.5 Å². The molecule has 0 aliphatic carbocycles. The van der Waals surface area contributed by atoms with Crippen molar-refractivity contribution in [1.29, 1.82) is 0 Å². The van der Waals surface area contributed by atoms with Crippen LogP contribution in [0.3, 0.4) is 0 Å². The quantitative estimate of drug-likeness (QED) is 0.532. The van der Waals surface area contributed by atoms with Gasteiger partial charge in [-0.05, 0) is 42.3 Å². The molecule has 0 unspecified atom stereocenters. The predicted octanol–water partition coefficient (Wildman–Crippen LogP) is 4.15.